The summed E-state index contributed by atoms with van der Waals surface area (Å²) in [6.07, 6.45) is 1.90. The Bertz CT molecular complexity index is 1220. The quantitative estimate of drug-likeness (QED) is 0.512. The lowest BCUT2D eigenvalue weighted by molar-refractivity contribution is 0.269. The largest absolute Gasteiger partial charge is 0.487 e. The van der Waals surface area contributed by atoms with Gasteiger partial charge in [-0.15, -0.1) is 11.3 Å². The molecule has 27 heavy (non-hydrogen) atoms. The number of rotatable bonds is 2. The Kier molecular flexibility index (Phi) is 3.55. The minimum Gasteiger partial charge on any atom is -0.487 e. The second-order valence-electron chi connectivity index (χ2n) is 6.57. The van der Waals surface area contributed by atoms with Crippen molar-refractivity contribution < 1.29 is 13.9 Å². The average Bonchev–Trinajstić information content (AvgIpc) is 3.23. The highest BCUT2D eigenvalue weighted by atomic mass is 32.1. The normalized spacial score (nSPS) is 15.9. The number of hydrogen-bond donors (Lipinski definition) is 0. The van der Waals surface area contributed by atoms with Crippen molar-refractivity contribution >= 4 is 32.6 Å². The highest BCUT2D eigenvalue weighted by Gasteiger charge is 2.27. The van der Waals surface area contributed by atoms with Crippen LogP contribution in [0.15, 0.2) is 24.4 Å². The summed E-state index contributed by atoms with van der Waals surface area (Å²) in [5, 5.41) is 0.776. The monoisotopic (exact) mass is 380 g/mol. The van der Waals surface area contributed by atoms with Gasteiger partial charge >= 0.3 is 0 Å². The third-order valence-corrected chi connectivity index (χ3v) is 5.77. The number of fused-ring (bicyclic) bond motifs is 4. The summed E-state index contributed by atoms with van der Waals surface area (Å²) in [6, 6.07) is 5.41. The first kappa shape index (κ1) is 16.4. The molecular formula is C20H15FN3O2S. The highest BCUT2D eigenvalue weighted by Crippen LogP contribution is 2.43. The Morgan fingerprint density at radius 1 is 1.26 bits per heavy atom. The molecule has 0 aliphatic carbocycles. The topological polar surface area (TPSA) is 57.1 Å². The van der Waals surface area contributed by atoms with E-state index < -0.39 is 0 Å². The fraction of sp³-hybridized carbons (Fsp3) is 0.200. The number of benzene rings is 2. The number of halogens is 1. The van der Waals surface area contributed by atoms with Crippen LogP contribution >= 0.6 is 11.3 Å². The van der Waals surface area contributed by atoms with Crippen LogP contribution in [0, 0.1) is 19.7 Å². The van der Waals surface area contributed by atoms with Crippen molar-refractivity contribution in [3.63, 3.8) is 0 Å². The molecule has 5 rings (SSSR count). The minimum absolute atomic E-state index is 0.274. The summed E-state index contributed by atoms with van der Waals surface area (Å²) in [7, 11) is 1.56. The first-order chi connectivity index (χ1) is 13.0. The molecule has 0 unspecified atom stereocenters. The lowest BCUT2D eigenvalue weighted by atomic mass is 10.1. The van der Waals surface area contributed by atoms with E-state index in [2.05, 4.69) is 21.9 Å². The van der Waals surface area contributed by atoms with E-state index in [1.165, 1.54) is 17.4 Å². The molecule has 2 aromatic carbocycles. The molecule has 1 aliphatic heterocycles. The van der Waals surface area contributed by atoms with E-state index in [-0.39, 0.29) is 11.9 Å². The summed E-state index contributed by atoms with van der Waals surface area (Å²) in [5.74, 6) is 0.373. The summed E-state index contributed by atoms with van der Waals surface area (Å²) >= 11 is 1.52. The molecule has 0 fully saturated rings. The predicted molar refractivity (Wildman–Crippen MR) is 103 cm³/mol. The van der Waals surface area contributed by atoms with Crippen molar-refractivity contribution in [2.24, 2.45) is 0 Å². The third kappa shape index (κ3) is 2.53. The van der Waals surface area contributed by atoms with Gasteiger partial charge in [0.25, 0.3) is 0 Å². The lowest BCUT2D eigenvalue weighted by Gasteiger charge is -2.06. The van der Waals surface area contributed by atoms with Crippen molar-refractivity contribution in [3.05, 3.63) is 48.3 Å². The zero-order valence-corrected chi connectivity index (χ0v) is 15.6. The predicted octanol–water partition coefficient (Wildman–Crippen LogP) is 4.50. The van der Waals surface area contributed by atoms with Crippen molar-refractivity contribution in [2.45, 2.75) is 19.4 Å². The molecule has 0 spiro atoms. The molecule has 0 saturated carbocycles. The Morgan fingerprint density at radius 2 is 2.11 bits per heavy atom. The number of aryl methyl sites for hydroxylation is 1. The molecule has 7 heteroatoms. The minimum atomic E-state index is -0.390. The van der Waals surface area contributed by atoms with Gasteiger partial charge in [0, 0.05) is 23.6 Å². The maximum atomic E-state index is 14.4. The number of methoxy groups -OCH3 is 1. The standard InChI is InChI=1S/C20H15FN3O2S/c1-9-4-11(17-14(5-9)23-16(25-3)8-22-17)20-24-15-7-13(21)18-12(19(15)27-20)6-10(2)26-18/h4-5,7-8,10H,2,6H2,1,3H3/t10-/m0/s1. The maximum Gasteiger partial charge on any atom is 0.232 e. The molecule has 0 N–H and O–H groups in total. The van der Waals surface area contributed by atoms with Crippen molar-refractivity contribution in [1.82, 2.24) is 15.0 Å². The number of aromatic nitrogens is 3. The fourth-order valence-corrected chi connectivity index (χ4v) is 4.56. The van der Waals surface area contributed by atoms with Crippen LogP contribution in [0.2, 0.25) is 0 Å². The van der Waals surface area contributed by atoms with Gasteiger partial charge in [-0.25, -0.2) is 19.3 Å². The number of ether oxygens (including phenoxy) is 2. The Morgan fingerprint density at radius 3 is 2.93 bits per heavy atom. The van der Waals surface area contributed by atoms with Crippen LogP contribution < -0.4 is 9.47 Å². The van der Waals surface area contributed by atoms with Crippen LogP contribution in [-0.2, 0) is 6.42 Å². The Hall–Kier alpha value is -2.80. The van der Waals surface area contributed by atoms with Crippen LogP contribution in [0.1, 0.15) is 11.1 Å². The highest BCUT2D eigenvalue weighted by molar-refractivity contribution is 7.22. The molecule has 0 amide bonds. The third-order valence-electron chi connectivity index (χ3n) is 4.61. The van der Waals surface area contributed by atoms with Gasteiger partial charge in [-0.3, -0.25) is 0 Å². The van der Waals surface area contributed by atoms with E-state index in [1.54, 1.807) is 13.3 Å². The van der Waals surface area contributed by atoms with E-state index in [1.807, 2.05) is 19.1 Å². The van der Waals surface area contributed by atoms with E-state index in [9.17, 15) is 4.39 Å². The molecule has 135 valence electrons. The van der Waals surface area contributed by atoms with E-state index in [0.717, 1.165) is 37.4 Å². The van der Waals surface area contributed by atoms with Crippen LogP contribution in [-0.4, -0.2) is 28.2 Å². The van der Waals surface area contributed by atoms with Crippen molar-refractivity contribution in [1.29, 1.82) is 0 Å². The summed E-state index contributed by atoms with van der Waals surface area (Å²) < 4.78 is 26.0. The van der Waals surface area contributed by atoms with Gasteiger partial charge in [0.1, 0.15) is 11.1 Å². The lowest BCUT2D eigenvalue weighted by Crippen LogP contribution is -2.06. The van der Waals surface area contributed by atoms with Gasteiger partial charge in [0.15, 0.2) is 11.6 Å². The van der Waals surface area contributed by atoms with Crippen LogP contribution in [0.5, 0.6) is 11.6 Å². The molecule has 1 aliphatic rings. The molecule has 4 aromatic rings. The Labute approximate surface area is 158 Å². The number of thiazole rings is 1. The molecule has 0 bridgehead atoms. The van der Waals surface area contributed by atoms with Gasteiger partial charge in [0.2, 0.25) is 5.88 Å². The number of hydrogen-bond acceptors (Lipinski definition) is 6. The summed E-state index contributed by atoms with van der Waals surface area (Å²) in [6.45, 7) is 5.90. The van der Waals surface area contributed by atoms with Gasteiger partial charge in [0.05, 0.1) is 34.6 Å². The van der Waals surface area contributed by atoms with E-state index in [0.29, 0.717) is 23.6 Å². The first-order valence-corrected chi connectivity index (χ1v) is 9.28. The molecule has 1 atom stereocenters. The van der Waals surface area contributed by atoms with Gasteiger partial charge < -0.3 is 9.47 Å². The van der Waals surface area contributed by atoms with E-state index >= 15 is 0 Å². The second-order valence-corrected chi connectivity index (χ2v) is 7.57. The molecule has 0 saturated heterocycles. The molecular weight excluding hydrogens is 365 g/mol. The second kappa shape index (κ2) is 5.85. The van der Waals surface area contributed by atoms with Crippen molar-refractivity contribution in [3.8, 4) is 22.2 Å². The average molecular weight is 380 g/mol. The first-order valence-electron chi connectivity index (χ1n) is 8.47. The zero-order chi connectivity index (χ0) is 18.7. The van der Waals surface area contributed by atoms with Gasteiger partial charge in [-0.05, 0) is 31.5 Å². The Balaban J connectivity index is 1.76. The smallest absolute Gasteiger partial charge is 0.232 e. The zero-order valence-electron chi connectivity index (χ0n) is 14.7. The molecule has 3 heterocycles. The van der Waals surface area contributed by atoms with Crippen molar-refractivity contribution in [2.75, 3.05) is 7.11 Å². The number of nitrogens with zero attached hydrogens (tertiary/aromatic N) is 3. The molecule has 1 radical (unpaired) electrons. The summed E-state index contributed by atoms with van der Waals surface area (Å²) in [4.78, 5) is 13.7. The van der Waals surface area contributed by atoms with Gasteiger partial charge in [-0.2, -0.15) is 0 Å². The molecule has 2 aromatic heterocycles. The SMILES string of the molecule is [CH2][C@H]1Cc2c(c(F)cc3nc(-c4cc(C)cc5nc(OC)cnc45)sc23)O1. The van der Waals surface area contributed by atoms with Crippen LogP contribution in [0.4, 0.5) is 4.39 Å². The summed E-state index contributed by atoms with van der Waals surface area (Å²) in [5.41, 5.74) is 4.86. The van der Waals surface area contributed by atoms with Gasteiger partial charge in [-0.1, -0.05) is 0 Å². The van der Waals surface area contributed by atoms with E-state index in [4.69, 9.17) is 9.47 Å². The fourth-order valence-electron chi connectivity index (χ4n) is 3.45. The maximum absolute atomic E-state index is 14.4. The molecule has 5 nitrogen and oxygen atoms in total. The van der Waals surface area contributed by atoms with Crippen LogP contribution in [0.25, 0.3) is 31.8 Å². The van der Waals surface area contributed by atoms with Crippen LogP contribution in [0.3, 0.4) is 0 Å².